The van der Waals surface area contributed by atoms with Crippen molar-refractivity contribution in [3.05, 3.63) is 28.3 Å². The van der Waals surface area contributed by atoms with E-state index in [4.69, 9.17) is 18.6 Å². The van der Waals surface area contributed by atoms with Gasteiger partial charge in [-0.3, -0.25) is 4.79 Å². The van der Waals surface area contributed by atoms with Crippen molar-refractivity contribution in [1.82, 2.24) is 0 Å². The molecule has 1 aromatic heterocycles. The Morgan fingerprint density at radius 3 is 3.00 bits per heavy atom. The first kappa shape index (κ1) is 12.1. The summed E-state index contributed by atoms with van der Waals surface area (Å²) >= 11 is 0. The largest absolute Gasteiger partial charge is 0.490 e. The van der Waals surface area contributed by atoms with Crippen molar-refractivity contribution in [2.24, 2.45) is 0 Å². The Kier molecular flexibility index (Phi) is 4.17. The number of methoxy groups -OCH3 is 1. The summed E-state index contributed by atoms with van der Waals surface area (Å²) in [6.07, 6.45) is 4.19. The van der Waals surface area contributed by atoms with E-state index in [1.54, 1.807) is 0 Å². The summed E-state index contributed by atoms with van der Waals surface area (Å²) in [5, 5.41) is 0. The minimum atomic E-state index is -0.207. The van der Waals surface area contributed by atoms with Crippen molar-refractivity contribution in [2.75, 3.05) is 13.7 Å². The number of ether oxygens (including phenoxy) is 3. The Balaban J connectivity index is 1.90. The number of rotatable bonds is 4. The summed E-state index contributed by atoms with van der Waals surface area (Å²) in [7, 11) is 1.43. The van der Waals surface area contributed by atoms with Gasteiger partial charge in [-0.2, -0.15) is 0 Å². The molecule has 0 unspecified atom stereocenters. The summed E-state index contributed by atoms with van der Waals surface area (Å²) in [5.74, 6) is 0.674. The summed E-state index contributed by atoms with van der Waals surface area (Å²) in [6.45, 7) is 0.973. The normalized spacial score (nSPS) is 20.2. The van der Waals surface area contributed by atoms with Gasteiger partial charge >= 0.3 is 0 Å². The third kappa shape index (κ3) is 3.31. The maximum Gasteiger partial charge on any atom is 0.227 e. The fourth-order valence-corrected chi connectivity index (χ4v) is 1.68. The average molecular weight is 240 g/mol. The van der Waals surface area contributed by atoms with Gasteiger partial charge < -0.3 is 18.6 Å². The molecule has 0 aromatic carbocycles. The van der Waals surface area contributed by atoms with Crippen LogP contribution in [0.3, 0.4) is 0 Å². The second-order valence-electron chi connectivity index (χ2n) is 3.89. The van der Waals surface area contributed by atoms with Crippen LogP contribution in [0.1, 0.15) is 25.0 Å². The molecule has 17 heavy (non-hydrogen) atoms. The van der Waals surface area contributed by atoms with Crippen LogP contribution in [0.25, 0.3) is 0 Å². The SMILES string of the molecule is COc1coc(CO[C@H]2CCCCO2)cc1=O. The molecule has 0 N–H and O–H groups in total. The molecule has 94 valence electrons. The second-order valence-corrected chi connectivity index (χ2v) is 3.89. The minimum Gasteiger partial charge on any atom is -0.490 e. The maximum absolute atomic E-state index is 11.5. The minimum absolute atomic E-state index is 0.184. The zero-order valence-corrected chi connectivity index (χ0v) is 9.81. The molecule has 1 fully saturated rings. The van der Waals surface area contributed by atoms with E-state index in [1.165, 1.54) is 19.4 Å². The lowest BCUT2D eigenvalue weighted by molar-refractivity contribution is -0.171. The van der Waals surface area contributed by atoms with Gasteiger partial charge in [0.1, 0.15) is 18.6 Å². The van der Waals surface area contributed by atoms with Crippen molar-refractivity contribution in [3.63, 3.8) is 0 Å². The van der Waals surface area contributed by atoms with Gasteiger partial charge in [0.25, 0.3) is 0 Å². The van der Waals surface area contributed by atoms with Gasteiger partial charge in [-0.25, -0.2) is 0 Å². The van der Waals surface area contributed by atoms with Gasteiger partial charge in [0.15, 0.2) is 6.29 Å². The highest BCUT2D eigenvalue weighted by Crippen LogP contribution is 2.15. The van der Waals surface area contributed by atoms with E-state index in [0.717, 1.165) is 25.9 Å². The first-order valence-electron chi connectivity index (χ1n) is 5.68. The van der Waals surface area contributed by atoms with E-state index in [-0.39, 0.29) is 24.1 Å². The van der Waals surface area contributed by atoms with Gasteiger partial charge in [-0.1, -0.05) is 0 Å². The fourth-order valence-electron chi connectivity index (χ4n) is 1.68. The van der Waals surface area contributed by atoms with Crippen LogP contribution in [-0.4, -0.2) is 20.0 Å². The molecule has 0 saturated carbocycles. The van der Waals surface area contributed by atoms with Crippen LogP contribution < -0.4 is 10.2 Å². The molecular formula is C12H16O5. The zero-order chi connectivity index (χ0) is 12.1. The number of hydrogen-bond acceptors (Lipinski definition) is 5. The molecule has 0 bridgehead atoms. The van der Waals surface area contributed by atoms with Crippen LogP contribution in [0, 0.1) is 0 Å². The highest BCUT2D eigenvalue weighted by atomic mass is 16.7. The average Bonchev–Trinajstić information content (AvgIpc) is 2.38. The third-order valence-electron chi connectivity index (χ3n) is 2.62. The highest BCUT2D eigenvalue weighted by Gasteiger charge is 2.14. The molecule has 0 radical (unpaired) electrons. The van der Waals surface area contributed by atoms with E-state index in [0.29, 0.717) is 5.76 Å². The van der Waals surface area contributed by atoms with Crippen molar-refractivity contribution in [1.29, 1.82) is 0 Å². The monoisotopic (exact) mass is 240 g/mol. The van der Waals surface area contributed by atoms with Gasteiger partial charge in [-0.05, 0) is 19.3 Å². The molecule has 2 rings (SSSR count). The molecule has 1 aliphatic rings. The molecule has 1 atom stereocenters. The van der Waals surface area contributed by atoms with Gasteiger partial charge in [0, 0.05) is 12.7 Å². The Bertz CT molecular complexity index is 406. The number of hydrogen-bond donors (Lipinski definition) is 0. The summed E-state index contributed by atoms with van der Waals surface area (Å²) in [6, 6.07) is 1.38. The molecule has 5 nitrogen and oxygen atoms in total. The molecule has 2 heterocycles. The van der Waals surface area contributed by atoms with Crippen molar-refractivity contribution < 1.29 is 18.6 Å². The van der Waals surface area contributed by atoms with E-state index < -0.39 is 0 Å². The quantitative estimate of drug-likeness (QED) is 0.801. The third-order valence-corrected chi connectivity index (χ3v) is 2.62. The van der Waals surface area contributed by atoms with Crippen molar-refractivity contribution >= 4 is 0 Å². The Morgan fingerprint density at radius 1 is 1.47 bits per heavy atom. The van der Waals surface area contributed by atoms with Crippen molar-refractivity contribution in [2.45, 2.75) is 32.2 Å². The molecule has 0 amide bonds. The van der Waals surface area contributed by atoms with Crippen LogP contribution in [0.4, 0.5) is 0 Å². The van der Waals surface area contributed by atoms with E-state index in [1.807, 2.05) is 0 Å². The Hall–Kier alpha value is -1.33. The molecule has 5 heteroatoms. The molecular weight excluding hydrogens is 224 g/mol. The van der Waals surface area contributed by atoms with Crippen LogP contribution in [0.5, 0.6) is 5.75 Å². The Labute approximate surface area is 99.3 Å². The fraction of sp³-hybridized carbons (Fsp3) is 0.583. The highest BCUT2D eigenvalue weighted by molar-refractivity contribution is 5.16. The lowest BCUT2D eigenvalue weighted by atomic mass is 10.2. The lowest BCUT2D eigenvalue weighted by Gasteiger charge is -2.22. The van der Waals surface area contributed by atoms with E-state index in [9.17, 15) is 4.79 Å². The summed E-state index contributed by atoms with van der Waals surface area (Å²) in [5.41, 5.74) is -0.207. The zero-order valence-electron chi connectivity index (χ0n) is 9.81. The predicted molar refractivity (Wildman–Crippen MR) is 59.9 cm³/mol. The van der Waals surface area contributed by atoms with Gasteiger partial charge in [-0.15, -0.1) is 0 Å². The second kappa shape index (κ2) is 5.84. The Morgan fingerprint density at radius 2 is 2.35 bits per heavy atom. The topological polar surface area (TPSA) is 57.9 Å². The lowest BCUT2D eigenvalue weighted by Crippen LogP contribution is -2.22. The van der Waals surface area contributed by atoms with Gasteiger partial charge in [0.2, 0.25) is 11.2 Å². The first-order valence-corrected chi connectivity index (χ1v) is 5.68. The van der Waals surface area contributed by atoms with Gasteiger partial charge in [0.05, 0.1) is 7.11 Å². The van der Waals surface area contributed by atoms with E-state index in [2.05, 4.69) is 0 Å². The summed E-state index contributed by atoms with van der Waals surface area (Å²) in [4.78, 5) is 11.5. The predicted octanol–water partition coefficient (Wildman–Crippen LogP) is 1.69. The molecule has 0 aliphatic carbocycles. The van der Waals surface area contributed by atoms with Crippen LogP contribution in [0.2, 0.25) is 0 Å². The van der Waals surface area contributed by atoms with Crippen molar-refractivity contribution in [3.8, 4) is 5.75 Å². The molecule has 1 aliphatic heterocycles. The smallest absolute Gasteiger partial charge is 0.227 e. The summed E-state index contributed by atoms with van der Waals surface area (Å²) < 4.78 is 20.9. The van der Waals surface area contributed by atoms with Crippen LogP contribution in [0.15, 0.2) is 21.5 Å². The van der Waals surface area contributed by atoms with Crippen LogP contribution in [-0.2, 0) is 16.1 Å². The first-order chi connectivity index (χ1) is 8.29. The molecule has 0 spiro atoms. The molecule has 1 saturated heterocycles. The molecule has 1 aromatic rings. The maximum atomic E-state index is 11.5. The van der Waals surface area contributed by atoms with E-state index >= 15 is 0 Å². The standard InChI is InChI=1S/C12H16O5/c1-14-11-8-16-9(6-10(11)13)7-17-12-4-2-3-5-15-12/h6,8,12H,2-5,7H2,1H3/t12-/m0/s1. The van der Waals surface area contributed by atoms with Crippen LogP contribution >= 0.6 is 0 Å².